The van der Waals surface area contributed by atoms with Crippen molar-refractivity contribution in [2.75, 3.05) is 37.4 Å². The maximum absolute atomic E-state index is 14.0. The van der Waals surface area contributed by atoms with E-state index in [9.17, 15) is 4.39 Å². The number of rotatable bonds is 2. The highest BCUT2D eigenvalue weighted by atomic mass is 32.2. The molecule has 26 heavy (non-hydrogen) atoms. The van der Waals surface area contributed by atoms with Gasteiger partial charge >= 0.3 is 0 Å². The van der Waals surface area contributed by atoms with Crippen molar-refractivity contribution in [3.63, 3.8) is 0 Å². The Bertz CT molecular complexity index is 856. The van der Waals surface area contributed by atoms with Gasteiger partial charge in [0.25, 0.3) is 0 Å². The number of methoxy groups -OCH3 is 1. The minimum atomic E-state index is -0.223. The fourth-order valence-electron chi connectivity index (χ4n) is 4.79. The zero-order valence-electron chi connectivity index (χ0n) is 14.9. The number of hydrogen-bond donors (Lipinski definition) is 1. The normalized spacial score (nSPS) is 24.0. The summed E-state index contributed by atoms with van der Waals surface area (Å²) in [7, 11) is 1.65. The molecule has 0 radical (unpaired) electrons. The maximum atomic E-state index is 14.0. The highest BCUT2D eigenvalue weighted by molar-refractivity contribution is 7.99. The van der Waals surface area contributed by atoms with Crippen molar-refractivity contribution in [2.24, 2.45) is 0 Å². The van der Waals surface area contributed by atoms with Crippen LogP contribution in [0.25, 0.3) is 11.1 Å². The second-order valence-electron chi connectivity index (χ2n) is 7.32. The molecule has 0 unspecified atom stereocenters. The summed E-state index contributed by atoms with van der Waals surface area (Å²) in [5.41, 5.74) is 4.77. The minimum absolute atomic E-state index is 0.223. The molecule has 3 nitrogen and oxygen atoms in total. The van der Waals surface area contributed by atoms with E-state index in [0.717, 1.165) is 42.3 Å². The molecule has 2 aromatic rings. The van der Waals surface area contributed by atoms with E-state index in [1.54, 1.807) is 19.2 Å². The Labute approximate surface area is 157 Å². The Hall–Kier alpha value is -1.72. The maximum Gasteiger partial charge on any atom is 0.126 e. The van der Waals surface area contributed by atoms with E-state index in [1.807, 2.05) is 11.8 Å². The number of ether oxygens (including phenoxy) is 1. The number of halogens is 1. The molecule has 2 atom stereocenters. The van der Waals surface area contributed by atoms with Crippen molar-refractivity contribution >= 4 is 17.4 Å². The molecular formula is C21H23FN2OS. The Balaban J connectivity index is 1.70. The van der Waals surface area contributed by atoms with E-state index in [1.165, 1.54) is 35.1 Å². The van der Waals surface area contributed by atoms with Crippen molar-refractivity contribution in [1.82, 2.24) is 5.32 Å². The zero-order valence-corrected chi connectivity index (χ0v) is 15.7. The van der Waals surface area contributed by atoms with E-state index in [2.05, 4.69) is 22.3 Å². The first-order valence-electron chi connectivity index (χ1n) is 9.38. The quantitative estimate of drug-likeness (QED) is 0.854. The molecule has 0 bridgehead atoms. The van der Waals surface area contributed by atoms with Crippen LogP contribution in [0, 0.1) is 5.82 Å². The standard InChI is InChI=1S/C21H23FN2OS/c1-25-19-4-3-14(22)11-15(19)13-9-16-17-12-23-6-5-18(17)24-7-2-8-26-20(10-13)21(16)24/h3-4,9-11,17-18,23H,2,5-8,12H2,1H3/t17-,18-/m0/s1. The molecule has 3 heterocycles. The summed E-state index contributed by atoms with van der Waals surface area (Å²) in [6.07, 6.45) is 2.41. The summed E-state index contributed by atoms with van der Waals surface area (Å²) in [6.45, 7) is 3.28. The minimum Gasteiger partial charge on any atom is -0.496 e. The van der Waals surface area contributed by atoms with Gasteiger partial charge in [0, 0.05) is 35.5 Å². The van der Waals surface area contributed by atoms with Gasteiger partial charge in [0.15, 0.2) is 0 Å². The molecule has 0 saturated carbocycles. The molecule has 0 aromatic heterocycles. The first-order valence-corrected chi connectivity index (χ1v) is 10.4. The number of benzene rings is 2. The largest absolute Gasteiger partial charge is 0.496 e. The Morgan fingerprint density at radius 1 is 1.27 bits per heavy atom. The van der Waals surface area contributed by atoms with Crippen LogP contribution in [0.4, 0.5) is 10.1 Å². The van der Waals surface area contributed by atoms with Gasteiger partial charge in [-0.05, 0) is 66.6 Å². The van der Waals surface area contributed by atoms with Gasteiger partial charge < -0.3 is 15.0 Å². The Kier molecular flexibility index (Phi) is 4.09. The molecule has 3 aliphatic rings. The molecule has 1 fully saturated rings. The van der Waals surface area contributed by atoms with Gasteiger partial charge in [0.1, 0.15) is 11.6 Å². The first-order chi connectivity index (χ1) is 12.8. The molecule has 1 N–H and O–H groups in total. The summed E-state index contributed by atoms with van der Waals surface area (Å²) in [4.78, 5) is 4.00. The molecule has 1 saturated heterocycles. The zero-order chi connectivity index (χ0) is 17.7. The lowest BCUT2D eigenvalue weighted by Crippen LogP contribution is -2.44. The highest BCUT2D eigenvalue weighted by Crippen LogP contribution is 2.51. The second kappa shape index (κ2) is 6.46. The lowest BCUT2D eigenvalue weighted by Gasteiger charge is -2.33. The lowest BCUT2D eigenvalue weighted by atomic mass is 9.88. The predicted molar refractivity (Wildman–Crippen MR) is 105 cm³/mol. The SMILES string of the molecule is COc1ccc(F)cc1-c1cc2c3c(c1)[C@@H]1CNCC[C@@H]1N3CCCS2. The van der Waals surface area contributed by atoms with E-state index in [4.69, 9.17) is 4.74 Å². The second-order valence-corrected chi connectivity index (χ2v) is 8.46. The van der Waals surface area contributed by atoms with Crippen LogP contribution in [0.1, 0.15) is 24.3 Å². The smallest absolute Gasteiger partial charge is 0.126 e. The summed E-state index contributed by atoms with van der Waals surface area (Å²) < 4.78 is 19.5. The number of thioether (sulfide) groups is 1. The Morgan fingerprint density at radius 3 is 3.08 bits per heavy atom. The number of fused-ring (bicyclic) bond motifs is 3. The number of nitrogens with one attached hydrogen (secondary N) is 1. The van der Waals surface area contributed by atoms with Crippen molar-refractivity contribution in [1.29, 1.82) is 0 Å². The third kappa shape index (κ3) is 2.52. The van der Waals surface area contributed by atoms with Gasteiger partial charge in [-0.3, -0.25) is 0 Å². The van der Waals surface area contributed by atoms with Crippen LogP contribution in [-0.4, -0.2) is 38.5 Å². The van der Waals surface area contributed by atoms with Crippen LogP contribution in [0.15, 0.2) is 35.2 Å². The Morgan fingerprint density at radius 2 is 2.19 bits per heavy atom. The number of nitrogens with zero attached hydrogens (tertiary/aromatic N) is 1. The molecule has 0 spiro atoms. The fraction of sp³-hybridized carbons (Fsp3) is 0.429. The molecule has 3 aliphatic heterocycles. The van der Waals surface area contributed by atoms with Gasteiger partial charge in [0.05, 0.1) is 12.8 Å². The topological polar surface area (TPSA) is 24.5 Å². The average molecular weight is 370 g/mol. The van der Waals surface area contributed by atoms with Crippen LogP contribution < -0.4 is 15.0 Å². The molecule has 136 valence electrons. The van der Waals surface area contributed by atoms with Crippen molar-refractivity contribution in [3.8, 4) is 16.9 Å². The van der Waals surface area contributed by atoms with Crippen LogP contribution in [-0.2, 0) is 0 Å². The van der Waals surface area contributed by atoms with Crippen molar-refractivity contribution in [3.05, 3.63) is 41.7 Å². The molecular weight excluding hydrogens is 347 g/mol. The fourth-order valence-corrected chi connectivity index (χ4v) is 5.86. The van der Waals surface area contributed by atoms with Gasteiger partial charge in [-0.2, -0.15) is 0 Å². The first kappa shape index (κ1) is 16.5. The van der Waals surface area contributed by atoms with E-state index in [0.29, 0.717) is 12.0 Å². The number of hydrogen-bond acceptors (Lipinski definition) is 4. The van der Waals surface area contributed by atoms with E-state index < -0.39 is 0 Å². The molecule has 0 amide bonds. The summed E-state index contributed by atoms with van der Waals surface area (Å²) in [5, 5.41) is 3.57. The van der Waals surface area contributed by atoms with E-state index in [-0.39, 0.29) is 5.82 Å². The summed E-state index contributed by atoms with van der Waals surface area (Å²) in [5.74, 6) is 2.17. The van der Waals surface area contributed by atoms with Crippen molar-refractivity contribution < 1.29 is 9.13 Å². The van der Waals surface area contributed by atoms with Crippen LogP contribution in [0.3, 0.4) is 0 Å². The molecule has 0 aliphatic carbocycles. The number of anilines is 1. The lowest BCUT2D eigenvalue weighted by molar-refractivity contribution is 0.403. The van der Waals surface area contributed by atoms with Crippen LogP contribution in [0.2, 0.25) is 0 Å². The summed E-state index contributed by atoms with van der Waals surface area (Å²) in [6, 6.07) is 9.91. The third-order valence-corrected chi connectivity index (χ3v) is 7.03. The molecule has 5 heteroatoms. The predicted octanol–water partition coefficient (Wildman–Crippen LogP) is 4.26. The van der Waals surface area contributed by atoms with E-state index >= 15 is 0 Å². The summed E-state index contributed by atoms with van der Waals surface area (Å²) >= 11 is 1.94. The third-order valence-electron chi connectivity index (χ3n) is 5.91. The number of piperidine rings is 1. The average Bonchev–Trinajstić information content (AvgIpc) is 2.83. The van der Waals surface area contributed by atoms with Gasteiger partial charge in [-0.25, -0.2) is 4.39 Å². The van der Waals surface area contributed by atoms with Crippen molar-refractivity contribution in [2.45, 2.75) is 29.7 Å². The van der Waals surface area contributed by atoms with Gasteiger partial charge in [-0.15, -0.1) is 11.8 Å². The molecule has 5 rings (SSSR count). The highest BCUT2D eigenvalue weighted by Gasteiger charge is 2.42. The monoisotopic (exact) mass is 370 g/mol. The molecule has 2 aromatic carbocycles. The van der Waals surface area contributed by atoms with Gasteiger partial charge in [0.2, 0.25) is 0 Å². The van der Waals surface area contributed by atoms with Crippen LogP contribution >= 0.6 is 11.8 Å². The van der Waals surface area contributed by atoms with Crippen LogP contribution in [0.5, 0.6) is 5.75 Å². The van der Waals surface area contributed by atoms with Gasteiger partial charge in [-0.1, -0.05) is 0 Å².